The van der Waals surface area contributed by atoms with Gasteiger partial charge < -0.3 is 20.3 Å². The molecule has 1 aliphatic rings. The van der Waals surface area contributed by atoms with E-state index in [0.717, 1.165) is 9.87 Å². The average Bonchev–Trinajstić information content (AvgIpc) is 3.37. The van der Waals surface area contributed by atoms with Gasteiger partial charge in [-0.15, -0.1) is 0 Å². The number of carbonyl (C=O) groups is 1. The fourth-order valence-electron chi connectivity index (χ4n) is 4.59. The van der Waals surface area contributed by atoms with E-state index in [2.05, 4.69) is 46.4 Å². The normalized spacial score (nSPS) is 18.1. The van der Waals surface area contributed by atoms with Crippen LogP contribution < -0.4 is 32.5 Å². The van der Waals surface area contributed by atoms with Gasteiger partial charge in [-0.25, -0.2) is 4.79 Å². The van der Waals surface area contributed by atoms with Crippen LogP contribution in [0.15, 0.2) is 101 Å². The molecule has 3 atom stereocenters. The number of aromatic amines is 1. The molecule has 0 bridgehead atoms. The van der Waals surface area contributed by atoms with Gasteiger partial charge in [0.15, 0.2) is 0 Å². The zero-order valence-corrected chi connectivity index (χ0v) is 22.8. The highest BCUT2D eigenvalue weighted by atomic mass is 31.1. The SMILES string of the molecule is O=C(NCC#Cc1cn([C@H]2C[C@H](O)[C@@H](CO)O2)c(=O)[nH]c1=O)c1cccc(P(c2ccccc2)c2ccccc2)c1. The Morgan fingerprint density at radius 2 is 1.66 bits per heavy atom. The lowest BCUT2D eigenvalue weighted by molar-refractivity contribution is -0.0459. The molecular formula is C31H28N3O6P. The standard InChI is InChI=1S/C31H28N3O6P/c35-20-27-26(36)18-28(40-27)34-19-22(30(38)33-31(34)39)10-8-16-32-29(37)21-9-7-15-25(17-21)41(23-11-3-1-4-12-23)24-13-5-2-6-14-24/h1-7,9,11-15,17,19,26-28,35-36H,16,18,20H2,(H,32,37)(H,33,38,39)/t26-,27+,28+/m0/s1. The number of aliphatic hydroxyl groups excluding tert-OH is 2. The third kappa shape index (κ3) is 6.54. The summed E-state index contributed by atoms with van der Waals surface area (Å²) in [6.45, 7) is -0.426. The third-order valence-electron chi connectivity index (χ3n) is 6.62. The van der Waals surface area contributed by atoms with Crippen molar-refractivity contribution in [3.05, 3.63) is 123 Å². The number of hydrogen-bond donors (Lipinski definition) is 4. The lowest BCUT2D eigenvalue weighted by Crippen LogP contribution is -2.33. The number of aromatic nitrogens is 2. The van der Waals surface area contributed by atoms with Crippen molar-refractivity contribution in [2.45, 2.75) is 24.9 Å². The van der Waals surface area contributed by atoms with Crippen LogP contribution in [0.25, 0.3) is 0 Å². The van der Waals surface area contributed by atoms with Crippen molar-refractivity contribution in [2.24, 2.45) is 0 Å². The van der Waals surface area contributed by atoms with Gasteiger partial charge in [-0.2, -0.15) is 0 Å². The fraction of sp³-hybridized carbons (Fsp3) is 0.194. The van der Waals surface area contributed by atoms with Gasteiger partial charge in [-0.3, -0.25) is 19.1 Å². The maximum Gasteiger partial charge on any atom is 0.330 e. The highest BCUT2D eigenvalue weighted by molar-refractivity contribution is 7.79. The first-order valence-corrected chi connectivity index (χ1v) is 14.4. The average molecular weight is 570 g/mol. The van der Waals surface area contributed by atoms with Gasteiger partial charge in [0.05, 0.1) is 19.3 Å². The predicted octanol–water partition coefficient (Wildman–Crippen LogP) is 0.717. The van der Waals surface area contributed by atoms with E-state index < -0.39 is 44.2 Å². The Bertz CT molecular complexity index is 1650. The molecule has 5 rings (SSSR count). The van der Waals surface area contributed by atoms with E-state index in [9.17, 15) is 24.6 Å². The molecule has 0 aliphatic carbocycles. The number of aliphatic hydroxyl groups is 2. The molecule has 1 amide bonds. The van der Waals surface area contributed by atoms with Crippen LogP contribution in [-0.4, -0.2) is 51.0 Å². The largest absolute Gasteiger partial charge is 0.394 e. The molecule has 10 heteroatoms. The molecule has 0 unspecified atom stereocenters. The van der Waals surface area contributed by atoms with Crippen molar-refractivity contribution >= 4 is 29.7 Å². The van der Waals surface area contributed by atoms with Crippen molar-refractivity contribution in [3.63, 3.8) is 0 Å². The van der Waals surface area contributed by atoms with E-state index in [-0.39, 0.29) is 24.4 Å². The molecular weight excluding hydrogens is 541 g/mol. The lowest BCUT2D eigenvalue weighted by Gasteiger charge is -2.19. The monoisotopic (exact) mass is 569 g/mol. The van der Waals surface area contributed by atoms with Gasteiger partial charge in [-0.05, 0) is 36.0 Å². The number of hydrogen-bond acceptors (Lipinski definition) is 6. The van der Waals surface area contributed by atoms with Gasteiger partial charge in [0.1, 0.15) is 17.9 Å². The summed E-state index contributed by atoms with van der Waals surface area (Å²) in [4.78, 5) is 39.8. The maximum atomic E-state index is 13.0. The Kier molecular flexibility index (Phi) is 8.88. The van der Waals surface area contributed by atoms with E-state index in [0.29, 0.717) is 5.56 Å². The van der Waals surface area contributed by atoms with E-state index in [1.165, 1.54) is 16.8 Å². The molecule has 41 heavy (non-hydrogen) atoms. The summed E-state index contributed by atoms with van der Waals surface area (Å²) in [7, 11) is -0.868. The molecule has 0 saturated carbocycles. The molecule has 4 aromatic rings. The number of amides is 1. The quantitative estimate of drug-likeness (QED) is 0.192. The van der Waals surface area contributed by atoms with Crippen molar-refractivity contribution in [1.29, 1.82) is 0 Å². The minimum atomic E-state index is -0.941. The van der Waals surface area contributed by atoms with Crippen LogP contribution in [0.1, 0.15) is 28.6 Å². The van der Waals surface area contributed by atoms with Crippen LogP contribution in [0.3, 0.4) is 0 Å². The molecule has 0 radical (unpaired) electrons. The second kappa shape index (κ2) is 12.9. The molecule has 1 aliphatic heterocycles. The summed E-state index contributed by atoms with van der Waals surface area (Å²) in [6.07, 6.45) is -1.28. The van der Waals surface area contributed by atoms with Crippen LogP contribution in [0.4, 0.5) is 0 Å². The molecule has 0 spiro atoms. The number of nitrogens with one attached hydrogen (secondary N) is 2. The number of nitrogens with zero attached hydrogens (tertiary/aromatic N) is 1. The summed E-state index contributed by atoms with van der Waals surface area (Å²) in [5, 5.41) is 25.4. The summed E-state index contributed by atoms with van der Waals surface area (Å²) in [6, 6.07) is 27.9. The zero-order valence-electron chi connectivity index (χ0n) is 21.9. The molecule has 1 saturated heterocycles. The van der Waals surface area contributed by atoms with Crippen LogP contribution in [-0.2, 0) is 4.74 Å². The van der Waals surface area contributed by atoms with Crippen LogP contribution in [0.5, 0.6) is 0 Å². The molecule has 4 N–H and O–H groups in total. The van der Waals surface area contributed by atoms with Crippen LogP contribution >= 0.6 is 7.92 Å². The number of rotatable bonds is 7. The minimum Gasteiger partial charge on any atom is -0.394 e. The first kappa shape index (κ1) is 28.2. The second-order valence-electron chi connectivity index (χ2n) is 9.37. The first-order chi connectivity index (χ1) is 19.9. The van der Waals surface area contributed by atoms with E-state index in [1.54, 1.807) is 6.07 Å². The molecule has 1 aromatic heterocycles. The highest BCUT2D eigenvalue weighted by Crippen LogP contribution is 2.32. The number of carbonyl (C=O) groups excluding carboxylic acids is 1. The molecule has 2 heterocycles. The van der Waals surface area contributed by atoms with Crippen molar-refractivity contribution in [1.82, 2.24) is 14.9 Å². The zero-order chi connectivity index (χ0) is 28.8. The van der Waals surface area contributed by atoms with Crippen molar-refractivity contribution < 1.29 is 19.7 Å². The second-order valence-corrected chi connectivity index (χ2v) is 11.6. The molecule has 3 aromatic carbocycles. The number of ether oxygens (including phenoxy) is 1. The molecule has 208 valence electrons. The van der Waals surface area contributed by atoms with Gasteiger partial charge in [-0.1, -0.05) is 84.6 Å². The van der Waals surface area contributed by atoms with Crippen molar-refractivity contribution in [2.75, 3.05) is 13.2 Å². The maximum absolute atomic E-state index is 13.0. The number of H-pyrrole nitrogens is 1. The van der Waals surface area contributed by atoms with E-state index in [4.69, 9.17) is 4.74 Å². The minimum absolute atomic E-state index is 0.00255. The van der Waals surface area contributed by atoms with Gasteiger partial charge in [0.2, 0.25) is 0 Å². The summed E-state index contributed by atoms with van der Waals surface area (Å²) in [5.41, 5.74) is -0.895. The van der Waals surface area contributed by atoms with Gasteiger partial charge in [0, 0.05) is 18.2 Å². The van der Waals surface area contributed by atoms with Crippen LogP contribution in [0.2, 0.25) is 0 Å². The fourth-order valence-corrected chi connectivity index (χ4v) is 6.93. The highest BCUT2D eigenvalue weighted by Gasteiger charge is 2.35. The van der Waals surface area contributed by atoms with Gasteiger partial charge >= 0.3 is 5.69 Å². The smallest absolute Gasteiger partial charge is 0.330 e. The topological polar surface area (TPSA) is 134 Å². The molecule has 9 nitrogen and oxygen atoms in total. The Balaban J connectivity index is 1.31. The summed E-state index contributed by atoms with van der Waals surface area (Å²) < 4.78 is 6.64. The Morgan fingerprint density at radius 1 is 1.00 bits per heavy atom. The molecule has 1 fully saturated rings. The predicted molar refractivity (Wildman–Crippen MR) is 157 cm³/mol. The van der Waals surface area contributed by atoms with Crippen LogP contribution in [0, 0.1) is 11.8 Å². The summed E-state index contributed by atoms with van der Waals surface area (Å²) >= 11 is 0. The number of benzene rings is 3. The Labute approximate surface area is 237 Å². The lowest BCUT2D eigenvalue weighted by atomic mass is 10.2. The van der Waals surface area contributed by atoms with E-state index in [1.807, 2.05) is 54.6 Å². The Morgan fingerprint density at radius 3 is 2.29 bits per heavy atom. The first-order valence-electron chi connectivity index (χ1n) is 13.0. The van der Waals surface area contributed by atoms with Gasteiger partial charge in [0.25, 0.3) is 11.5 Å². The van der Waals surface area contributed by atoms with E-state index >= 15 is 0 Å². The summed E-state index contributed by atoms with van der Waals surface area (Å²) in [5.74, 6) is 5.14. The third-order valence-corrected chi connectivity index (χ3v) is 9.04. The Hall–Kier alpha value is -4.32. The van der Waals surface area contributed by atoms with Crippen molar-refractivity contribution in [3.8, 4) is 11.8 Å².